The second-order valence-corrected chi connectivity index (χ2v) is 4.63. The average molecular weight is 251 g/mol. The van der Waals surface area contributed by atoms with Crippen molar-refractivity contribution in [3.63, 3.8) is 0 Å². The van der Waals surface area contributed by atoms with Crippen LogP contribution in [-0.2, 0) is 4.74 Å². The predicted molar refractivity (Wildman–Crippen MR) is 71.4 cm³/mol. The molecule has 0 spiro atoms. The van der Waals surface area contributed by atoms with Crippen LogP contribution >= 0.6 is 0 Å². The first-order valence-electron chi connectivity index (χ1n) is 6.08. The molecular formula is C13H21N3O2. The molecule has 3 N–H and O–H groups in total. The van der Waals surface area contributed by atoms with E-state index < -0.39 is 0 Å². The van der Waals surface area contributed by atoms with Crippen molar-refractivity contribution >= 4 is 11.6 Å². The van der Waals surface area contributed by atoms with Crippen LogP contribution in [-0.4, -0.2) is 30.6 Å². The highest BCUT2D eigenvalue weighted by atomic mass is 16.5. The summed E-state index contributed by atoms with van der Waals surface area (Å²) in [5.41, 5.74) is 7.28. The molecule has 0 atom stereocenters. The molecule has 1 aromatic heterocycles. The summed E-state index contributed by atoms with van der Waals surface area (Å²) in [6.45, 7) is 7.65. The van der Waals surface area contributed by atoms with Crippen LogP contribution in [0.25, 0.3) is 0 Å². The Morgan fingerprint density at radius 1 is 1.56 bits per heavy atom. The maximum absolute atomic E-state index is 11.9. The number of anilines is 1. The van der Waals surface area contributed by atoms with Gasteiger partial charge in [0.25, 0.3) is 5.91 Å². The van der Waals surface area contributed by atoms with Crippen LogP contribution in [0.15, 0.2) is 12.3 Å². The quantitative estimate of drug-likeness (QED) is 0.749. The first kappa shape index (κ1) is 14.4. The summed E-state index contributed by atoms with van der Waals surface area (Å²) in [6.07, 6.45) is 1.54. The molecule has 0 aliphatic heterocycles. The van der Waals surface area contributed by atoms with Gasteiger partial charge in [0, 0.05) is 13.2 Å². The van der Waals surface area contributed by atoms with Crippen LogP contribution < -0.4 is 11.1 Å². The molecule has 18 heavy (non-hydrogen) atoms. The number of aromatic nitrogens is 1. The zero-order valence-corrected chi connectivity index (χ0v) is 11.2. The number of hydrogen-bond donors (Lipinski definition) is 2. The van der Waals surface area contributed by atoms with Crippen LogP contribution in [0.2, 0.25) is 0 Å². The molecule has 0 radical (unpaired) electrons. The minimum absolute atomic E-state index is 0.166. The molecule has 0 aromatic carbocycles. The summed E-state index contributed by atoms with van der Waals surface area (Å²) < 4.78 is 5.38. The number of amides is 1. The lowest BCUT2D eigenvalue weighted by atomic mass is 10.2. The molecule has 100 valence electrons. The van der Waals surface area contributed by atoms with E-state index in [0.29, 0.717) is 42.6 Å². The fourth-order valence-corrected chi connectivity index (χ4v) is 1.43. The van der Waals surface area contributed by atoms with Gasteiger partial charge in [-0.25, -0.2) is 0 Å². The number of hydrogen-bond acceptors (Lipinski definition) is 4. The van der Waals surface area contributed by atoms with Crippen molar-refractivity contribution < 1.29 is 9.53 Å². The number of carbonyl (C=O) groups excluding carboxylic acids is 1. The highest BCUT2D eigenvalue weighted by molar-refractivity contribution is 5.95. The fourth-order valence-electron chi connectivity index (χ4n) is 1.43. The van der Waals surface area contributed by atoms with Gasteiger partial charge in [-0.15, -0.1) is 0 Å². The molecule has 0 bridgehead atoms. The molecule has 1 heterocycles. The van der Waals surface area contributed by atoms with E-state index in [-0.39, 0.29) is 5.91 Å². The summed E-state index contributed by atoms with van der Waals surface area (Å²) in [7, 11) is 0. The zero-order chi connectivity index (χ0) is 13.5. The van der Waals surface area contributed by atoms with Crippen LogP contribution in [0.1, 0.15) is 29.9 Å². The van der Waals surface area contributed by atoms with Crippen LogP contribution in [0, 0.1) is 12.8 Å². The standard InChI is InChI=1S/C13H21N3O2/c1-9(2)8-18-5-4-15-13(17)12-6-11(14)7-16-10(12)3/h6-7,9H,4-5,8,14H2,1-3H3,(H,15,17). The molecule has 0 saturated heterocycles. The molecule has 0 unspecified atom stereocenters. The number of nitrogens with one attached hydrogen (secondary N) is 1. The van der Waals surface area contributed by atoms with Gasteiger partial charge in [0.1, 0.15) is 0 Å². The molecule has 1 rings (SSSR count). The number of ether oxygens (including phenoxy) is 1. The van der Waals surface area contributed by atoms with Gasteiger partial charge in [-0.1, -0.05) is 13.8 Å². The first-order chi connectivity index (χ1) is 8.50. The third kappa shape index (κ3) is 4.71. The minimum atomic E-state index is -0.166. The van der Waals surface area contributed by atoms with E-state index in [1.807, 2.05) is 0 Å². The van der Waals surface area contributed by atoms with Gasteiger partial charge in [0.15, 0.2) is 0 Å². The Bertz CT molecular complexity index is 405. The van der Waals surface area contributed by atoms with Crippen molar-refractivity contribution in [1.82, 2.24) is 10.3 Å². The minimum Gasteiger partial charge on any atom is -0.397 e. The largest absolute Gasteiger partial charge is 0.397 e. The zero-order valence-electron chi connectivity index (χ0n) is 11.2. The Kier molecular flexibility index (Phi) is 5.58. The molecule has 0 aliphatic rings. The van der Waals surface area contributed by atoms with E-state index in [4.69, 9.17) is 10.5 Å². The van der Waals surface area contributed by atoms with E-state index in [1.54, 1.807) is 13.0 Å². The number of aryl methyl sites for hydroxylation is 1. The summed E-state index contributed by atoms with van der Waals surface area (Å²) in [5, 5.41) is 2.78. The van der Waals surface area contributed by atoms with Gasteiger partial charge in [0.2, 0.25) is 0 Å². The molecule has 1 amide bonds. The van der Waals surface area contributed by atoms with Crippen molar-refractivity contribution in [3.8, 4) is 0 Å². The number of carbonyl (C=O) groups is 1. The second kappa shape index (κ2) is 6.96. The monoisotopic (exact) mass is 251 g/mol. The van der Waals surface area contributed by atoms with E-state index in [9.17, 15) is 4.79 Å². The molecule has 5 nitrogen and oxygen atoms in total. The number of pyridine rings is 1. The second-order valence-electron chi connectivity index (χ2n) is 4.63. The lowest BCUT2D eigenvalue weighted by Gasteiger charge is -2.09. The lowest BCUT2D eigenvalue weighted by Crippen LogP contribution is -2.28. The molecule has 0 saturated carbocycles. The number of nitrogen functional groups attached to an aromatic ring is 1. The third-order valence-electron chi connectivity index (χ3n) is 2.34. The topological polar surface area (TPSA) is 77.2 Å². The molecule has 0 fully saturated rings. The smallest absolute Gasteiger partial charge is 0.253 e. The Labute approximate surface area is 108 Å². The summed E-state index contributed by atoms with van der Waals surface area (Å²) in [4.78, 5) is 15.9. The van der Waals surface area contributed by atoms with Gasteiger partial charge in [-0.2, -0.15) is 0 Å². The van der Waals surface area contributed by atoms with E-state index in [2.05, 4.69) is 24.1 Å². The number of nitrogens with zero attached hydrogens (tertiary/aromatic N) is 1. The maximum Gasteiger partial charge on any atom is 0.253 e. The van der Waals surface area contributed by atoms with Crippen LogP contribution in [0.3, 0.4) is 0 Å². The maximum atomic E-state index is 11.9. The molecule has 0 aliphatic carbocycles. The van der Waals surface area contributed by atoms with E-state index >= 15 is 0 Å². The third-order valence-corrected chi connectivity index (χ3v) is 2.34. The predicted octanol–water partition coefficient (Wildman–Crippen LogP) is 1.37. The van der Waals surface area contributed by atoms with Gasteiger partial charge >= 0.3 is 0 Å². The van der Waals surface area contributed by atoms with Gasteiger partial charge in [-0.3, -0.25) is 9.78 Å². The Morgan fingerprint density at radius 3 is 2.94 bits per heavy atom. The first-order valence-corrected chi connectivity index (χ1v) is 6.08. The van der Waals surface area contributed by atoms with Gasteiger partial charge < -0.3 is 15.8 Å². The lowest BCUT2D eigenvalue weighted by molar-refractivity contribution is 0.0885. The van der Waals surface area contributed by atoms with Crippen molar-refractivity contribution in [2.45, 2.75) is 20.8 Å². The molecule has 5 heteroatoms. The van der Waals surface area contributed by atoms with Gasteiger partial charge in [-0.05, 0) is 18.9 Å². The highest BCUT2D eigenvalue weighted by Gasteiger charge is 2.09. The highest BCUT2D eigenvalue weighted by Crippen LogP contribution is 2.08. The average Bonchev–Trinajstić information content (AvgIpc) is 2.31. The Balaban J connectivity index is 2.39. The van der Waals surface area contributed by atoms with Crippen LogP contribution in [0.4, 0.5) is 5.69 Å². The van der Waals surface area contributed by atoms with Crippen molar-refractivity contribution in [2.75, 3.05) is 25.5 Å². The number of rotatable bonds is 6. The number of nitrogens with two attached hydrogens (primary N) is 1. The van der Waals surface area contributed by atoms with Crippen molar-refractivity contribution in [1.29, 1.82) is 0 Å². The Hall–Kier alpha value is -1.62. The fraction of sp³-hybridized carbons (Fsp3) is 0.538. The van der Waals surface area contributed by atoms with Crippen molar-refractivity contribution in [3.05, 3.63) is 23.5 Å². The van der Waals surface area contributed by atoms with Gasteiger partial charge in [0.05, 0.1) is 29.7 Å². The Morgan fingerprint density at radius 2 is 2.28 bits per heavy atom. The molecule has 1 aromatic rings. The van der Waals surface area contributed by atoms with E-state index in [0.717, 1.165) is 0 Å². The summed E-state index contributed by atoms with van der Waals surface area (Å²) >= 11 is 0. The van der Waals surface area contributed by atoms with Crippen molar-refractivity contribution in [2.24, 2.45) is 5.92 Å². The summed E-state index contributed by atoms with van der Waals surface area (Å²) in [6, 6.07) is 1.63. The van der Waals surface area contributed by atoms with Crippen LogP contribution in [0.5, 0.6) is 0 Å². The molecular weight excluding hydrogens is 230 g/mol. The SMILES string of the molecule is Cc1ncc(N)cc1C(=O)NCCOCC(C)C. The van der Waals surface area contributed by atoms with E-state index in [1.165, 1.54) is 6.20 Å². The summed E-state index contributed by atoms with van der Waals surface area (Å²) in [5.74, 6) is 0.335. The normalized spacial score (nSPS) is 10.7.